The van der Waals surface area contributed by atoms with E-state index >= 15 is 0 Å². The van der Waals surface area contributed by atoms with Crippen LogP contribution < -0.4 is 27.3 Å². The Balaban J connectivity index is 0.00000205. The van der Waals surface area contributed by atoms with E-state index in [0.717, 1.165) is 28.2 Å². The predicted octanol–water partition coefficient (Wildman–Crippen LogP) is -0.0853. The van der Waals surface area contributed by atoms with Gasteiger partial charge < -0.3 is 22.3 Å². The Morgan fingerprint density at radius 3 is 2.45 bits per heavy atom. The summed E-state index contributed by atoms with van der Waals surface area (Å²) in [6.45, 7) is 0. The van der Waals surface area contributed by atoms with Gasteiger partial charge in [0.1, 0.15) is 5.52 Å². The third kappa shape index (κ3) is 2.84. The Hall–Kier alpha value is -3.38. The van der Waals surface area contributed by atoms with E-state index in [1.807, 2.05) is 91.2 Å². The summed E-state index contributed by atoms with van der Waals surface area (Å²) in [7, 11) is 5.99. The first-order chi connectivity index (χ1) is 13.5. The number of benzene rings is 2. The van der Waals surface area contributed by atoms with Gasteiger partial charge in [-0.3, -0.25) is 4.79 Å². The molecular weight excluding hydrogens is 386 g/mol. The molecule has 0 spiro atoms. The lowest BCUT2D eigenvalue weighted by molar-refractivity contribution is -0.604. The van der Waals surface area contributed by atoms with E-state index in [1.165, 1.54) is 0 Å². The Labute approximate surface area is 173 Å². The summed E-state index contributed by atoms with van der Waals surface area (Å²) >= 11 is 0. The summed E-state index contributed by atoms with van der Waals surface area (Å²) in [5, 5.41) is 1.31. The molecule has 5 aromatic rings. The van der Waals surface area contributed by atoms with Crippen molar-refractivity contribution in [3.05, 3.63) is 71.1 Å². The molecule has 0 aliphatic heterocycles. The number of hydrogen-bond acceptors (Lipinski definition) is 3. The standard InChI is InChI=1S/C22H19N5O.ClH/c1-25(2)14-10-12-27(13-11-14)22-24-20-18(26(22)3)9-8-17-19(20)21(28)15-6-4-5-7-16(15)23-17;/h4-13H,1-3H3;1H. The molecule has 5 rings (SSSR count). The Bertz CT molecular complexity index is 1420. The normalized spacial score (nSPS) is 11.1. The van der Waals surface area contributed by atoms with Crippen molar-refractivity contribution in [2.24, 2.45) is 7.05 Å². The van der Waals surface area contributed by atoms with Crippen LogP contribution in [0.5, 0.6) is 0 Å². The van der Waals surface area contributed by atoms with Gasteiger partial charge >= 0.3 is 5.95 Å². The van der Waals surface area contributed by atoms with Gasteiger partial charge in [0.05, 0.1) is 30.3 Å². The highest BCUT2D eigenvalue weighted by molar-refractivity contribution is 6.06. The van der Waals surface area contributed by atoms with E-state index < -0.39 is 0 Å². The van der Waals surface area contributed by atoms with Gasteiger partial charge in [-0.2, -0.15) is 0 Å². The smallest absolute Gasteiger partial charge is 0.404 e. The van der Waals surface area contributed by atoms with Gasteiger partial charge in [0.15, 0.2) is 5.52 Å². The monoisotopic (exact) mass is 405 g/mol. The first-order valence-electron chi connectivity index (χ1n) is 9.14. The second-order valence-electron chi connectivity index (χ2n) is 7.18. The molecule has 0 aliphatic rings. The number of aromatic nitrogens is 4. The molecule has 0 amide bonds. The fraction of sp³-hybridized carbons (Fsp3) is 0.136. The maximum absolute atomic E-state index is 13.2. The van der Waals surface area contributed by atoms with Gasteiger partial charge in [-0.15, -0.1) is 0 Å². The Morgan fingerprint density at radius 1 is 1.00 bits per heavy atom. The molecule has 0 fully saturated rings. The third-order valence-electron chi connectivity index (χ3n) is 5.26. The molecule has 7 heteroatoms. The quantitative estimate of drug-likeness (QED) is 0.330. The molecule has 0 saturated carbocycles. The zero-order valence-electron chi connectivity index (χ0n) is 16.3. The summed E-state index contributed by atoms with van der Waals surface area (Å²) in [5.41, 5.74) is 4.40. The largest absolute Gasteiger partial charge is 1.00 e. The molecule has 0 atom stereocenters. The van der Waals surface area contributed by atoms with Crippen molar-refractivity contribution in [1.82, 2.24) is 14.5 Å². The number of aromatic amines is 1. The van der Waals surface area contributed by atoms with Crippen LogP contribution in [-0.4, -0.2) is 28.6 Å². The first kappa shape index (κ1) is 19.0. The molecule has 0 unspecified atom stereocenters. The van der Waals surface area contributed by atoms with Gasteiger partial charge in [0.25, 0.3) is 0 Å². The van der Waals surface area contributed by atoms with Crippen LogP contribution in [0.2, 0.25) is 0 Å². The lowest BCUT2D eigenvalue weighted by Crippen LogP contribution is -3.00. The van der Waals surface area contributed by atoms with E-state index in [9.17, 15) is 4.79 Å². The highest BCUT2D eigenvalue weighted by atomic mass is 35.5. The van der Waals surface area contributed by atoms with Gasteiger partial charge in [-0.25, -0.2) is 9.13 Å². The van der Waals surface area contributed by atoms with E-state index in [2.05, 4.69) is 9.88 Å². The fourth-order valence-electron chi connectivity index (χ4n) is 3.73. The van der Waals surface area contributed by atoms with Crippen molar-refractivity contribution in [2.45, 2.75) is 0 Å². The Morgan fingerprint density at radius 2 is 1.72 bits per heavy atom. The average molecular weight is 406 g/mol. The number of para-hydroxylation sites is 1. The number of imidazole rings is 1. The number of pyridine rings is 2. The third-order valence-corrected chi connectivity index (χ3v) is 5.26. The molecule has 0 aliphatic carbocycles. The number of nitrogens with one attached hydrogen (secondary N) is 1. The van der Waals surface area contributed by atoms with Crippen molar-refractivity contribution in [2.75, 3.05) is 19.0 Å². The topological polar surface area (TPSA) is 57.8 Å². The summed E-state index contributed by atoms with van der Waals surface area (Å²) in [5.74, 6) is 0.764. The maximum Gasteiger partial charge on any atom is 0.404 e. The van der Waals surface area contributed by atoms with Crippen molar-refractivity contribution >= 4 is 38.5 Å². The van der Waals surface area contributed by atoms with Crippen LogP contribution in [0.4, 0.5) is 5.69 Å². The van der Waals surface area contributed by atoms with E-state index in [4.69, 9.17) is 4.98 Å². The van der Waals surface area contributed by atoms with Gasteiger partial charge in [-0.05, 0) is 36.4 Å². The lowest BCUT2D eigenvalue weighted by Gasteiger charge is -2.11. The second kappa shape index (κ2) is 6.90. The zero-order chi connectivity index (χ0) is 19.4. The molecule has 6 nitrogen and oxygen atoms in total. The number of rotatable bonds is 2. The van der Waals surface area contributed by atoms with E-state index in [-0.39, 0.29) is 17.8 Å². The molecular formula is C22H20ClN5O. The van der Waals surface area contributed by atoms with E-state index in [0.29, 0.717) is 16.3 Å². The van der Waals surface area contributed by atoms with Crippen LogP contribution in [0.3, 0.4) is 0 Å². The molecule has 146 valence electrons. The van der Waals surface area contributed by atoms with Crippen molar-refractivity contribution in [3.63, 3.8) is 0 Å². The Kier molecular flexibility index (Phi) is 4.51. The number of anilines is 1. The molecule has 29 heavy (non-hydrogen) atoms. The fourth-order valence-corrected chi connectivity index (χ4v) is 3.73. The SMILES string of the molecule is CN(C)c1cc[n+](-c2nc3c4c(=O)c5ccccc5[nH]c4ccc3n2C)cc1.[Cl-]. The van der Waals surface area contributed by atoms with Gasteiger partial charge in [0, 0.05) is 30.7 Å². The average Bonchev–Trinajstić information content (AvgIpc) is 3.04. The summed E-state index contributed by atoms with van der Waals surface area (Å²) in [4.78, 5) is 23.5. The zero-order valence-corrected chi connectivity index (χ0v) is 17.1. The number of aryl methyl sites for hydroxylation is 1. The lowest BCUT2D eigenvalue weighted by atomic mass is 10.1. The minimum absolute atomic E-state index is 0. The summed E-state index contributed by atoms with van der Waals surface area (Å²) in [6, 6.07) is 15.6. The first-order valence-corrected chi connectivity index (χ1v) is 9.14. The predicted molar refractivity (Wildman–Crippen MR) is 112 cm³/mol. The molecule has 0 saturated heterocycles. The number of H-pyrrole nitrogens is 1. The number of halogens is 1. The number of fused-ring (bicyclic) bond motifs is 4. The molecule has 1 N–H and O–H groups in total. The summed E-state index contributed by atoms with van der Waals surface area (Å²) in [6.07, 6.45) is 3.97. The van der Waals surface area contributed by atoms with E-state index in [1.54, 1.807) is 0 Å². The summed E-state index contributed by atoms with van der Waals surface area (Å²) < 4.78 is 3.98. The minimum Gasteiger partial charge on any atom is -1.00 e. The molecule has 3 heterocycles. The van der Waals surface area contributed by atoms with Gasteiger partial charge in [0.2, 0.25) is 5.43 Å². The highest BCUT2D eigenvalue weighted by Gasteiger charge is 2.22. The molecule has 2 aromatic carbocycles. The van der Waals surface area contributed by atoms with Crippen molar-refractivity contribution in [1.29, 1.82) is 0 Å². The van der Waals surface area contributed by atoms with Crippen LogP contribution in [0.1, 0.15) is 0 Å². The van der Waals surface area contributed by atoms with Crippen LogP contribution in [-0.2, 0) is 7.05 Å². The van der Waals surface area contributed by atoms with Crippen molar-refractivity contribution in [3.8, 4) is 5.95 Å². The number of nitrogens with zero attached hydrogens (tertiary/aromatic N) is 4. The second-order valence-corrected chi connectivity index (χ2v) is 7.18. The van der Waals surface area contributed by atoms with Crippen molar-refractivity contribution < 1.29 is 17.0 Å². The minimum atomic E-state index is 0. The van der Waals surface area contributed by atoms with Crippen LogP contribution in [0, 0.1) is 0 Å². The molecule has 0 radical (unpaired) electrons. The highest BCUT2D eigenvalue weighted by Crippen LogP contribution is 2.24. The van der Waals surface area contributed by atoms with Gasteiger partial charge in [-0.1, -0.05) is 17.1 Å². The number of hydrogen-bond donors (Lipinski definition) is 1. The van der Waals surface area contributed by atoms with Crippen LogP contribution >= 0.6 is 0 Å². The molecule has 3 aromatic heterocycles. The maximum atomic E-state index is 13.2. The van der Waals surface area contributed by atoms with Crippen LogP contribution in [0.25, 0.3) is 38.8 Å². The molecule has 0 bridgehead atoms. The van der Waals surface area contributed by atoms with Crippen LogP contribution in [0.15, 0.2) is 65.7 Å².